The summed E-state index contributed by atoms with van der Waals surface area (Å²) in [5.41, 5.74) is 2.88. The van der Waals surface area contributed by atoms with Crippen molar-refractivity contribution < 1.29 is 14.3 Å². The summed E-state index contributed by atoms with van der Waals surface area (Å²) in [6.07, 6.45) is -1.13. The molecule has 0 aromatic heterocycles. The largest absolute Gasteiger partial charge is 0.420 e. The van der Waals surface area contributed by atoms with Crippen molar-refractivity contribution in [1.82, 2.24) is 0 Å². The summed E-state index contributed by atoms with van der Waals surface area (Å²) in [7, 11) is 0. The molecule has 0 saturated carbocycles. The van der Waals surface area contributed by atoms with Crippen molar-refractivity contribution >= 4 is 11.9 Å². The summed E-state index contributed by atoms with van der Waals surface area (Å²) >= 11 is 0. The molecule has 0 radical (unpaired) electrons. The molecule has 0 aromatic rings. The minimum absolute atomic E-state index is 0.557. The van der Waals surface area contributed by atoms with Crippen LogP contribution in [0.3, 0.4) is 0 Å². The highest BCUT2D eigenvalue weighted by atomic mass is 16.6. The number of hydrogen-bond acceptors (Lipinski definition) is 4. The van der Waals surface area contributed by atoms with Crippen molar-refractivity contribution in [3.8, 4) is 6.07 Å². The van der Waals surface area contributed by atoms with Crippen molar-refractivity contribution in [2.24, 2.45) is 5.73 Å². The SMILES string of the molecule is CC(=O)C(C)(C#N)OC(N)=O. The monoisotopic (exact) mass is 156 g/mol. The van der Waals surface area contributed by atoms with E-state index in [4.69, 9.17) is 5.26 Å². The fourth-order valence-corrected chi connectivity index (χ4v) is 0.375. The molecule has 1 amide bonds. The molecule has 0 aliphatic carbocycles. The second-order valence-corrected chi connectivity index (χ2v) is 2.12. The highest BCUT2D eigenvalue weighted by Gasteiger charge is 2.33. The third kappa shape index (κ3) is 2.26. The first kappa shape index (κ1) is 9.43. The maximum atomic E-state index is 10.7. The summed E-state index contributed by atoms with van der Waals surface area (Å²) < 4.78 is 4.28. The van der Waals surface area contributed by atoms with E-state index < -0.39 is 17.5 Å². The molecule has 0 fully saturated rings. The lowest BCUT2D eigenvalue weighted by Crippen LogP contribution is -2.39. The molecule has 5 heteroatoms. The van der Waals surface area contributed by atoms with Gasteiger partial charge < -0.3 is 10.5 Å². The molecule has 0 aliphatic rings. The first-order valence-corrected chi connectivity index (χ1v) is 2.83. The maximum absolute atomic E-state index is 10.7. The van der Waals surface area contributed by atoms with Gasteiger partial charge in [-0.15, -0.1) is 0 Å². The second kappa shape index (κ2) is 3.01. The molecule has 1 unspecified atom stereocenters. The van der Waals surface area contributed by atoms with Crippen LogP contribution in [-0.2, 0) is 9.53 Å². The van der Waals surface area contributed by atoms with E-state index in [0.717, 1.165) is 6.92 Å². The molecule has 2 N–H and O–H groups in total. The number of carbonyl (C=O) groups excluding carboxylic acids is 2. The van der Waals surface area contributed by atoms with Crippen LogP contribution in [0, 0.1) is 11.3 Å². The van der Waals surface area contributed by atoms with E-state index in [1.54, 1.807) is 0 Å². The number of nitriles is 1. The predicted octanol–water partition coefficient (Wildman–Crippen LogP) is -0.0470. The van der Waals surface area contributed by atoms with Crippen LogP contribution in [0.25, 0.3) is 0 Å². The van der Waals surface area contributed by atoms with Gasteiger partial charge >= 0.3 is 6.09 Å². The Kier molecular flexibility index (Phi) is 2.58. The van der Waals surface area contributed by atoms with E-state index in [-0.39, 0.29) is 0 Å². The van der Waals surface area contributed by atoms with Gasteiger partial charge in [0.15, 0.2) is 5.78 Å². The van der Waals surface area contributed by atoms with Crippen LogP contribution in [0.4, 0.5) is 4.79 Å². The lowest BCUT2D eigenvalue weighted by Gasteiger charge is -2.16. The molecular weight excluding hydrogens is 148 g/mol. The Morgan fingerprint density at radius 2 is 2.09 bits per heavy atom. The molecule has 0 bridgehead atoms. The van der Waals surface area contributed by atoms with Gasteiger partial charge in [-0.05, 0) is 13.8 Å². The summed E-state index contributed by atoms with van der Waals surface area (Å²) in [6, 6.07) is 1.54. The number of hydrogen-bond donors (Lipinski definition) is 1. The molecule has 60 valence electrons. The fraction of sp³-hybridized carbons (Fsp3) is 0.500. The fourth-order valence-electron chi connectivity index (χ4n) is 0.375. The van der Waals surface area contributed by atoms with E-state index in [1.807, 2.05) is 0 Å². The number of nitrogens with two attached hydrogens (primary N) is 1. The highest BCUT2D eigenvalue weighted by Crippen LogP contribution is 2.09. The van der Waals surface area contributed by atoms with Gasteiger partial charge in [-0.25, -0.2) is 4.79 Å². The van der Waals surface area contributed by atoms with Gasteiger partial charge in [-0.3, -0.25) is 4.79 Å². The molecular formula is C6H8N2O3. The minimum Gasteiger partial charge on any atom is -0.420 e. The van der Waals surface area contributed by atoms with E-state index >= 15 is 0 Å². The molecule has 0 spiro atoms. The van der Waals surface area contributed by atoms with Crippen LogP contribution >= 0.6 is 0 Å². The molecule has 0 heterocycles. The lowest BCUT2D eigenvalue weighted by molar-refractivity contribution is -0.128. The Morgan fingerprint density at radius 1 is 1.64 bits per heavy atom. The van der Waals surface area contributed by atoms with Gasteiger partial charge in [0.05, 0.1) is 0 Å². The van der Waals surface area contributed by atoms with E-state index in [2.05, 4.69) is 10.5 Å². The second-order valence-electron chi connectivity index (χ2n) is 2.12. The zero-order valence-electron chi connectivity index (χ0n) is 6.25. The Bertz CT molecular complexity index is 230. The Hall–Kier alpha value is -1.57. The topological polar surface area (TPSA) is 93.2 Å². The van der Waals surface area contributed by atoms with Crippen molar-refractivity contribution in [3.63, 3.8) is 0 Å². The lowest BCUT2D eigenvalue weighted by atomic mass is 10.1. The number of amides is 1. The number of ketones is 1. The van der Waals surface area contributed by atoms with Gasteiger partial charge in [0, 0.05) is 0 Å². The number of Topliss-reactive ketones (excluding diaryl/α,β-unsaturated/α-hetero) is 1. The normalized spacial score (nSPS) is 14.3. The highest BCUT2D eigenvalue weighted by molar-refractivity contribution is 5.89. The number of rotatable bonds is 2. The predicted molar refractivity (Wildman–Crippen MR) is 35.4 cm³/mol. The molecule has 0 saturated heterocycles. The molecule has 11 heavy (non-hydrogen) atoms. The average molecular weight is 156 g/mol. The summed E-state index contributed by atoms with van der Waals surface area (Å²) in [5, 5.41) is 8.40. The minimum atomic E-state index is -1.74. The Balaban J connectivity index is 4.51. The molecule has 1 atom stereocenters. The van der Waals surface area contributed by atoms with Crippen LogP contribution in [-0.4, -0.2) is 17.5 Å². The Labute approximate surface area is 63.7 Å². The standard InChI is InChI=1S/C6H8N2O3/c1-4(9)6(2,3-7)11-5(8)10/h1-2H3,(H2,8,10). The summed E-state index contributed by atoms with van der Waals surface area (Å²) in [4.78, 5) is 20.9. The van der Waals surface area contributed by atoms with E-state index in [9.17, 15) is 9.59 Å². The zero-order chi connectivity index (χ0) is 9.07. The molecule has 0 aromatic carbocycles. The van der Waals surface area contributed by atoms with Crippen molar-refractivity contribution in [1.29, 1.82) is 5.26 Å². The smallest absolute Gasteiger partial charge is 0.406 e. The quantitative estimate of drug-likeness (QED) is 0.606. The van der Waals surface area contributed by atoms with Crippen molar-refractivity contribution in [2.45, 2.75) is 19.4 Å². The maximum Gasteiger partial charge on any atom is 0.406 e. The molecule has 5 nitrogen and oxygen atoms in total. The van der Waals surface area contributed by atoms with E-state index in [1.165, 1.54) is 13.0 Å². The van der Waals surface area contributed by atoms with Gasteiger partial charge in [-0.1, -0.05) is 0 Å². The first-order chi connectivity index (χ1) is 4.92. The van der Waals surface area contributed by atoms with Crippen LogP contribution in [0.15, 0.2) is 0 Å². The Morgan fingerprint density at radius 3 is 2.18 bits per heavy atom. The van der Waals surface area contributed by atoms with Crippen molar-refractivity contribution in [3.05, 3.63) is 0 Å². The summed E-state index contributed by atoms with van der Waals surface area (Å²) in [6.45, 7) is 2.33. The number of primary amides is 1. The van der Waals surface area contributed by atoms with Crippen LogP contribution in [0.1, 0.15) is 13.8 Å². The summed E-state index contributed by atoms with van der Waals surface area (Å²) in [5.74, 6) is -0.557. The number of ether oxygens (including phenoxy) is 1. The third-order valence-electron chi connectivity index (χ3n) is 1.19. The third-order valence-corrected chi connectivity index (χ3v) is 1.19. The van der Waals surface area contributed by atoms with Gasteiger partial charge in [-0.2, -0.15) is 5.26 Å². The van der Waals surface area contributed by atoms with Gasteiger partial charge in [0.2, 0.25) is 0 Å². The molecule has 0 rings (SSSR count). The van der Waals surface area contributed by atoms with Gasteiger partial charge in [0.25, 0.3) is 5.60 Å². The number of carbonyl (C=O) groups is 2. The van der Waals surface area contributed by atoms with Crippen LogP contribution in [0.2, 0.25) is 0 Å². The van der Waals surface area contributed by atoms with Crippen LogP contribution < -0.4 is 5.73 Å². The molecule has 0 aliphatic heterocycles. The average Bonchev–Trinajstić information content (AvgIpc) is 1.86. The first-order valence-electron chi connectivity index (χ1n) is 2.83. The van der Waals surface area contributed by atoms with Gasteiger partial charge in [0.1, 0.15) is 6.07 Å². The van der Waals surface area contributed by atoms with Crippen LogP contribution in [0.5, 0.6) is 0 Å². The number of nitrogens with zero attached hydrogens (tertiary/aromatic N) is 1. The van der Waals surface area contributed by atoms with E-state index in [0.29, 0.717) is 0 Å². The van der Waals surface area contributed by atoms with Crippen molar-refractivity contribution in [2.75, 3.05) is 0 Å². The zero-order valence-corrected chi connectivity index (χ0v) is 6.25.